The standard InChI is InChI=1S/C29H26BrClF3NO4S/c1-27(2,22-15-20(31)13-17-10-11-39-25(17)22)16-28(36,29(32,33)34)26(40(37,38)21-6-4-3-5-7-21)24-14-18-12-19(30)8-9-23(18)35-24/h3-9,12-15,26,35-36H,10-11,16H2,1-2H3. The van der Waals surface area contributed by atoms with Crippen LogP contribution in [0.1, 0.15) is 42.3 Å². The first-order valence-corrected chi connectivity index (χ1v) is 15.2. The molecular formula is C29H26BrClF3NO4S. The molecule has 1 aliphatic heterocycles. The van der Waals surface area contributed by atoms with Crippen molar-refractivity contribution in [1.82, 2.24) is 4.98 Å². The Hall–Kier alpha value is -2.53. The summed E-state index contributed by atoms with van der Waals surface area (Å²) in [6.45, 7) is 3.38. The van der Waals surface area contributed by atoms with Crippen molar-refractivity contribution in [3.8, 4) is 5.75 Å². The van der Waals surface area contributed by atoms with Crippen molar-refractivity contribution in [3.63, 3.8) is 0 Å². The fraction of sp³-hybridized carbons (Fsp3) is 0.310. The summed E-state index contributed by atoms with van der Waals surface area (Å²) in [4.78, 5) is 2.51. The molecule has 2 atom stereocenters. The summed E-state index contributed by atoms with van der Waals surface area (Å²) < 4.78 is 80.2. The molecule has 2 unspecified atom stereocenters. The largest absolute Gasteiger partial charge is 0.493 e. The van der Waals surface area contributed by atoms with Gasteiger partial charge in [0.2, 0.25) is 0 Å². The van der Waals surface area contributed by atoms with Crippen LogP contribution in [0.4, 0.5) is 13.2 Å². The number of rotatable bonds is 7. The highest BCUT2D eigenvalue weighted by Crippen LogP contribution is 2.53. The number of aromatic amines is 1. The Morgan fingerprint density at radius 2 is 1.77 bits per heavy atom. The van der Waals surface area contributed by atoms with Crippen molar-refractivity contribution >= 4 is 48.3 Å². The van der Waals surface area contributed by atoms with Gasteiger partial charge in [-0.3, -0.25) is 0 Å². The van der Waals surface area contributed by atoms with E-state index in [0.717, 1.165) is 5.56 Å². The first-order chi connectivity index (χ1) is 18.6. The lowest BCUT2D eigenvalue weighted by Crippen LogP contribution is -2.55. The van der Waals surface area contributed by atoms with Crippen LogP contribution in [-0.4, -0.2) is 36.9 Å². The van der Waals surface area contributed by atoms with E-state index in [1.54, 1.807) is 30.3 Å². The molecule has 2 N–H and O–H groups in total. The van der Waals surface area contributed by atoms with Crippen LogP contribution in [0.5, 0.6) is 5.75 Å². The number of hydrogen-bond donors (Lipinski definition) is 2. The predicted molar refractivity (Wildman–Crippen MR) is 152 cm³/mol. The number of alkyl halides is 3. The summed E-state index contributed by atoms with van der Waals surface area (Å²) in [6, 6.07) is 16.4. The van der Waals surface area contributed by atoms with Crippen molar-refractivity contribution in [3.05, 3.63) is 93.0 Å². The van der Waals surface area contributed by atoms with Crippen molar-refractivity contribution < 1.29 is 31.4 Å². The Bertz CT molecular complexity index is 1690. The highest BCUT2D eigenvalue weighted by molar-refractivity contribution is 9.10. The molecule has 1 aromatic heterocycles. The minimum atomic E-state index is -5.35. The zero-order chi connectivity index (χ0) is 29.1. The van der Waals surface area contributed by atoms with E-state index in [4.69, 9.17) is 16.3 Å². The summed E-state index contributed by atoms with van der Waals surface area (Å²) in [6.07, 6.45) is -5.80. The number of aromatic nitrogens is 1. The third kappa shape index (κ3) is 5.04. The molecule has 40 heavy (non-hydrogen) atoms. The van der Waals surface area contributed by atoms with Crippen LogP contribution in [-0.2, 0) is 21.7 Å². The molecule has 2 heterocycles. The van der Waals surface area contributed by atoms with E-state index < -0.39 is 38.7 Å². The van der Waals surface area contributed by atoms with Gasteiger partial charge in [0.25, 0.3) is 0 Å². The van der Waals surface area contributed by atoms with Crippen LogP contribution in [0.25, 0.3) is 10.9 Å². The first-order valence-electron chi connectivity index (χ1n) is 12.5. The van der Waals surface area contributed by atoms with Crippen LogP contribution >= 0.6 is 27.5 Å². The van der Waals surface area contributed by atoms with E-state index in [2.05, 4.69) is 20.9 Å². The summed E-state index contributed by atoms with van der Waals surface area (Å²) in [5.74, 6) is 0.414. The number of nitrogens with one attached hydrogen (secondary N) is 1. The Balaban J connectivity index is 1.74. The third-order valence-electron chi connectivity index (χ3n) is 7.38. The van der Waals surface area contributed by atoms with Gasteiger partial charge in [0.15, 0.2) is 15.4 Å². The number of sulfone groups is 1. The minimum absolute atomic E-state index is 0.278. The van der Waals surface area contributed by atoms with Crippen LogP contribution < -0.4 is 4.74 Å². The van der Waals surface area contributed by atoms with Gasteiger partial charge in [-0.25, -0.2) is 8.42 Å². The Kier molecular flexibility index (Phi) is 7.30. The molecule has 3 aromatic carbocycles. The average Bonchev–Trinajstić information content (AvgIpc) is 3.49. The molecule has 4 aromatic rings. The van der Waals surface area contributed by atoms with Gasteiger partial charge in [-0.15, -0.1) is 0 Å². The van der Waals surface area contributed by atoms with Gasteiger partial charge >= 0.3 is 6.18 Å². The quantitative estimate of drug-likeness (QED) is 0.214. The summed E-state index contributed by atoms with van der Waals surface area (Å²) in [5, 5.41) is 10.2. The zero-order valence-corrected chi connectivity index (χ0v) is 24.7. The second kappa shape index (κ2) is 10.1. The van der Waals surface area contributed by atoms with E-state index >= 15 is 13.2 Å². The molecule has 0 saturated heterocycles. The maximum atomic E-state index is 15.2. The number of aliphatic hydroxyl groups is 1. The van der Waals surface area contributed by atoms with Crippen molar-refractivity contribution in [2.24, 2.45) is 0 Å². The Morgan fingerprint density at radius 1 is 1.07 bits per heavy atom. The van der Waals surface area contributed by atoms with Gasteiger partial charge in [0, 0.05) is 38.1 Å². The molecule has 1 aliphatic rings. The van der Waals surface area contributed by atoms with Crippen molar-refractivity contribution in [2.75, 3.05) is 6.61 Å². The maximum Gasteiger partial charge on any atom is 0.418 e. The van der Waals surface area contributed by atoms with Crippen LogP contribution in [0.3, 0.4) is 0 Å². The van der Waals surface area contributed by atoms with E-state index in [1.807, 2.05) is 0 Å². The van der Waals surface area contributed by atoms with Crippen molar-refractivity contribution in [1.29, 1.82) is 0 Å². The molecule has 0 bridgehead atoms. The van der Waals surface area contributed by atoms with Gasteiger partial charge in [-0.1, -0.05) is 59.6 Å². The number of hydrogen-bond acceptors (Lipinski definition) is 4. The zero-order valence-electron chi connectivity index (χ0n) is 21.5. The molecular weight excluding hydrogens is 631 g/mol. The maximum absolute atomic E-state index is 15.2. The topological polar surface area (TPSA) is 79.4 Å². The van der Waals surface area contributed by atoms with Crippen LogP contribution in [0.15, 0.2) is 76.1 Å². The monoisotopic (exact) mass is 655 g/mol. The van der Waals surface area contributed by atoms with Crippen LogP contribution in [0.2, 0.25) is 5.02 Å². The summed E-state index contributed by atoms with van der Waals surface area (Å²) >= 11 is 9.66. The van der Waals surface area contributed by atoms with Gasteiger partial charge < -0.3 is 14.8 Å². The lowest BCUT2D eigenvalue weighted by Gasteiger charge is -2.42. The minimum Gasteiger partial charge on any atom is -0.493 e. The molecule has 11 heteroatoms. The average molecular weight is 657 g/mol. The predicted octanol–water partition coefficient (Wildman–Crippen LogP) is 7.70. The number of fused-ring (bicyclic) bond motifs is 2. The van der Waals surface area contributed by atoms with Crippen molar-refractivity contribution in [2.45, 2.75) is 54.0 Å². The molecule has 0 fully saturated rings. The normalized spacial score (nSPS) is 16.4. The van der Waals surface area contributed by atoms with Gasteiger partial charge in [0.05, 0.1) is 11.5 Å². The number of halogens is 5. The highest BCUT2D eigenvalue weighted by Gasteiger charge is 2.65. The molecule has 5 rings (SSSR count). The smallest absolute Gasteiger partial charge is 0.418 e. The fourth-order valence-electron chi connectivity index (χ4n) is 5.58. The molecule has 5 nitrogen and oxygen atoms in total. The van der Waals surface area contributed by atoms with Gasteiger partial charge in [0.1, 0.15) is 11.0 Å². The molecule has 0 amide bonds. The lowest BCUT2D eigenvalue weighted by atomic mass is 9.72. The third-order valence-corrected chi connectivity index (χ3v) is 10.3. The Morgan fingerprint density at radius 3 is 2.45 bits per heavy atom. The van der Waals surface area contributed by atoms with Gasteiger partial charge in [-0.2, -0.15) is 13.2 Å². The van der Waals surface area contributed by atoms with E-state index in [-0.39, 0.29) is 10.6 Å². The van der Waals surface area contributed by atoms with Gasteiger partial charge in [-0.05, 0) is 65.9 Å². The second-order valence-corrected chi connectivity index (χ2v) is 14.1. The summed E-state index contributed by atoms with van der Waals surface area (Å²) in [7, 11) is -4.80. The number of benzene rings is 3. The SMILES string of the molecule is CC(C)(CC(O)(C(c1cc2cc(Br)ccc2[nH]1)S(=O)(=O)c1ccccc1)C(F)(F)F)c1cc(Cl)cc2c1OCC2. The number of H-pyrrole nitrogens is 1. The lowest BCUT2D eigenvalue weighted by molar-refractivity contribution is -0.268. The molecule has 0 spiro atoms. The molecule has 0 radical (unpaired) electrons. The molecule has 212 valence electrons. The fourth-order valence-corrected chi connectivity index (χ4v) is 8.20. The Labute approximate surface area is 243 Å². The van der Waals surface area contributed by atoms with E-state index in [9.17, 15) is 13.5 Å². The summed E-state index contributed by atoms with van der Waals surface area (Å²) in [5.41, 5.74) is -3.87. The molecule has 0 aliphatic carbocycles. The van der Waals surface area contributed by atoms with E-state index in [1.165, 1.54) is 50.2 Å². The highest BCUT2D eigenvalue weighted by atomic mass is 79.9. The number of ether oxygens (including phenoxy) is 1. The van der Waals surface area contributed by atoms with E-state index in [0.29, 0.717) is 44.7 Å². The first kappa shape index (κ1) is 29.0. The molecule has 0 saturated carbocycles. The second-order valence-electron chi connectivity index (χ2n) is 10.7. The van der Waals surface area contributed by atoms with Crippen LogP contribution in [0, 0.1) is 0 Å².